The Bertz CT molecular complexity index is 615. The van der Waals surface area contributed by atoms with Gasteiger partial charge < -0.3 is 25.0 Å². The number of hydrogen-bond acceptors (Lipinski definition) is 5. The van der Waals surface area contributed by atoms with E-state index in [1.165, 1.54) is 14.2 Å². The average molecular weight is 289 g/mol. The van der Waals surface area contributed by atoms with Gasteiger partial charge in [0.1, 0.15) is 5.75 Å². The van der Waals surface area contributed by atoms with Gasteiger partial charge in [0, 0.05) is 18.3 Å². The van der Waals surface area contributed by atoms with Crippen molar-refractivity contribution in [2.75, 3.05) is 19.5 Å². The van der Waals surface area contributed by atoms with E-state index in [-0.39, 0.29) is 11.5 Å². The van der Waals surface area contributed by atoms with Gasteiger partial charge in [-0.25, -0.2) is 0 Å². The molecule has 5 nitrogen and oxygen atoms in total. The van der Waals surface area contributed by atoms with Crippen LogP contribution in [0.4, 0.5) is 5.69 Å². The van der Waals surface area contributed by atoms with Crippen molar-refractivity contribution in [1.82, 2.24) is 0 Å². The lowest BCUT2D eigenvalue weighted by Gasteiger charge is -2.13. The van der Waals surface area contributed by atoms with E-state index < -0.39 is 0 Å². The molecule has 0 bridgehead atoms. The molecule has 3 N–H and O–H groups in total. The van der Waals surface area contributed by atoms with Crippen molar-refractivity contribution in [3.8, 4) is 23.0 Å². The summed E-state index contributed by atoms with van der Waals surface area (Å²) in [6.07, 6.45) is 0. The Labute approximate surface area is 123 Å². The molecule has 0 aliphatic heterocycles. The largest absolute Gasteiger partial charge is 0.508 e. The first-order valence-electron chi connectivity index (χ1n) is 6.52. The molecule has 2 aromatic carbocycles. The summed E-state index contributed by atoms with van der Waals surface area (Å²) in [5, 5.41) is 22.7. The number of rotatable bonds is 5. The van der Waals surface area contributed by atoms with Crippen LogP contribution in [0, 0.1) is 6.92 Å². The summed E-state index contributed by atoms with van der Waals surface area (Å²) >= 11 is 0. The second-order valence-corrected chi connectivity index (χ2v) is 4.70. The van der Waals surface area contributed by atoms with Crippen LogP contribution in [0.2, 0.25) is 0 Å². The molecular formula is C16H19NO4. The second kappa shape index (κ2) is 6.26. The Morgan fingerprint density at radius 1 is 1.00 bits per heavy atom. The molecule has 0 heterocycles. The minimum atomic E-state index is -0.0169. The van der Waals surface area contributed by atoms with E-state index in [9.17, 15) is 10.2 Å². The Balaban J connectivity index is 2.17. The van der Waals surface area contributed by atoms with Crippen molar-refractivity contribution in [1.29, 1.82) is 0 Å². The van der Waals surface area contributed by atoms with Crippen LogP contribution in [0.5, 0.6) is 23.0 Å². The summed E-state index contributed by atoms with van der Waals surface area (Å²) in [4.78, 5) is 0. The minimum Gasteiger partial charge on any atom is -0.508 e. The predicted octanol–water partition coefficient (Wildman–Crippen LogP) is 3.04. The van der Waals surface area contributed by atoms with Crippen molar-refractivity contribution < 1.29 is 19.7 Å². The normalized spacial score (nSPS) is 10.2. The summed E-state index contributed by atoms with van der Waals surface area (Å²) in [6.45, 7) is 2.35. The highest BCUT2D eigenvalue weighted by Gasteiger charge is 2.11. The minimum absolute atomic E-state index is 0.0169. The Morgan fingerprint density at radius 2 is 1.62 bits per heavy atom. The number of nitrogens with one attached hydrogen (secondary N) is 1. The van der Waals surface area contributed by atoms with Crippen LogP contribution < -0.4 is 14.8 Å². The van der Waals surface area contributed by atoms with Crippen LogP contribution in [0.15, 0.2) is 30.3 Å². The summed E-state index contributed by atoms with van der Waals surface area (Å²) in [5.74, 6) is 0.952. The summed E-state index contributed by atoms with van der Waals surface area (Å²) in [5.41, 5.74) is 2.53. The molecule has 0 atom stereocenters. The molecule has 0 amide bonds. The smallest absolute Gasteiger partial charge is 0.200 e. The number of anilines is 1. The molecule has 21 heavy (non-hydrogen) atoms. The monoisotopic (exact) mass is 289 g/mol. The molecule has 0 aliphatic carbocycles. The van der Waals surface area contributed by atoms with Crippen molar-refractivity contribution in [3.63, 3.8) is 0 Å². The average Bonchev–Trinajstić information content (AvgIpc) is 2.49. The van der Waals surface area contributed by atoms with Gasteiger partial charge in [0.25, 0.3) is 0 Å². The molecule has 5 heteroatoms. The maximum absolute atomic E-state index is 9.86. The zero-order valence-corrected chi connectivity index (χ0v) is 12.3. The molecular weight excluding hydrogens is 270 g/mol. The second-order valence-electron chi connectivity index (χ2n) is 4.70. The van der Waals surface area contributed by atoms with Crippen LogP contribution in [-0.4, -0.2) is 24.4 Å². The molecule has 2 rings (SSSR count). The Hall–Kier alpha value is -2.56. The van der Waals surface area contributed by atoms with E-state index in [4.69, 9.17) is 9.47 Å². The van der Waals surface area contributed by atoms with Gasteiger partial charge in [-0.1, -0.05) is 6.07 Å². The van der Waals surface area contributed by atoms with Crippen LogP contribution in [-0.2, 0) is 6.54 Å². The zero-order valence-electron chi connectivity index (χ0n) is 12.3. The number of aryl methyl sites for hydroxylation is 1. The lowest BCUT2D eigenvalue weighted by Crippen LogP contribution is -2.01. The van der Waals surface area contributed by atoms with Crippen molar-refractivity contribution in [2.45, 2.75) is 13.5 Å². The SMILES string of the molecule is COc1cc(CNc2ccc(C)c(O)c2)cc(OC)c1O. The van der Waals surface area contributed by atoms with E-state index in [0.29, 0.717) is 18.0 Å². The van der Waals surface area contributed by atoms with Gasteiger partial charge in [0.2, 0.25) is 5.75 Å². The first-order chi connectivity index (χ1) is 10.0. The maximum atomic E-state index is 9.86. The fraction of sp³-hybridized carbons (Fsp3) is 0.250. The fourth-order valence-corrected chi connectivity index (χ4v) is 1.97. The number of aromatic hydroxyl groups is 2. The highest BCUT2D eigenvalue weighted by atomic mass is 16.5. The quantitative estimate of drug-likeness (QED) is 0.789. The topological polar surface area (TPSA) is 71.0 Å². The molecule has 0 aromatic heterocycles. The molecule has 0 radical (unpaired) electrons. The van der Waals surface area contributed by atoms with Gasteiger partial charge in [0.15, 0.2) is 11.5 Å². The third-order valence-corrected chi connectivity index (χ3v) is 3.25. The lowest BCUT2D eigenvalue weighted by atomic mass is 10.1. The fourth-order valence-electron chi connectivity index (χ4n) is 1.97. The van der Waals surface area contributed by atoms with E-state index in [1.54, 1.807) is 18.2 Å². The van der Waals surface area contributed by atoms with Gasteiger partial charge >= 0.3 is 0 Å². The molecule has 0 spiro atoms. The van der Waals surface area contributed by atoms with Crippen molar-refractivity contribution in [3.05, 3.63) is 41.5 Å². The van der Waals surface area contributed by atoms with E-state index >= 15 is 0 Å². The van der Waals surface area contributed by atoms with Crippen LogP contribution in [0.3, 0.4) is 0 Å². The molecule has 0 unspecified atom stereocenters. The van der Waals surface area contributed by atoms with Crippen LogP contribution in [0.25, 0.3) is 0 Å². The third kappa shape index (κ3) is 3.31. The zero-order chi connectivity index (χ0) is 15.4. The first kappa shape index (κ1) is 14.8. The van der Waals surface area contributed by atoms with Crippen molar-refractivity contribution >= 4 is 5.69 Å². The summed E-state index contributed by atoms with van der Waals surface area (Å²) in [7, 11) is 2.98. The number of hydrogen-bond donors (Lipinski definition) is 3. The summed E-state index contributed by atoms with van der Waals surface area (Å²) in [6, 6.07) is 8.88. The van der Waals surface area contributed by atoms with Crippen LogP contribution in [0.1, 0.15) is 11.1 Å². The number of phenolic OH excluding ortho intramolecular Hbond substituents is 2. The van der Waals surface area contributed by atoms with E-state index in [1.807, 2.05) is 19.1 Å². The van der Waals surface area contributed by atoms with Gasteiger partial charge in [-0.3, -0.25) is 0 Å². The van der Waals surface area contributed by atoms with Gasteiger partial charge in [-0.15, -0.1) is 0 Å². The molecule has 112 valence electrons. The molecule has 0 saturated carbocycles. The number of phenols is 2. The Morgan fingerprint density at radius 3 is 2.14 bits per heavy atom. The van der Waals surface area contributed by atoms with Gasteiger partial charge in [-0.2, -0.15) is 0 Å². The number of methoxy groups -OCH3 is 2. The first-order valence-corrected chi connectivity index (χ1v) is 6.52. The third-order valence-electron chi connectivity index (χ3n) is 3.25. The highest BCUT2D eigenvalue weighted by Crippen LogP contribution is 2.37. The molecule has 0 fully saturated rings. The maximum Gasteiger partial charge on any atom is 0.200 e. The number of ether oxygens (including phenoxy) is 2. The standard InChI is InChI=1S/C16H19NO4/c1-10-4-5-12(8-13(10)18)17-9-11-6-14(20-2)16(19)15(7-11)21-3/h4-8,17-19H,9H2,1-3H3. The molecule has 0 aliphatic rings. The molecule has 2 aromatic rings. The van der Waals surface area contributed by atoms with E-state index in [2.05, 4.69) is 5.32 Å². The van der Waals surface area contributed by atoms with Crippen molar-refractivity contribution in [2.24, 2.45) is 0 Å². The van der Waals surface area contributed by atoms with E-state index in [0.717, 1.165) is 16.8 Å². The Kier molecular flexibility index (Phi) is 4.42. The summed E-state index contributed by atoms with van der Waals surface area (Å²) < 4.78 is 10.2. The lowest BCUT2D eigenvalue weighted by molar-refractivity contribution is 0.339. The predicted molar refractivity (Wildman–Crippen MR) is 81.4 cm³/mol. The highest BCUT2D eigenvalue weighted by molar-refractivity contribution is 5.55. The number of benzene rings is 2. The van der Waals surface area contributed by atoms with Gasteiger partial charge in [0.05, 0.1) is 14.2 Å². The van der Waals surface area contributed by atoms with Crippen LogP contribution >= 0.6 is 0 Å². The van der Waals surface area contributed by atoms with Gasteiger partial charge in [-0.05, 0) is 36.2 Å². The molecule has 0 saturated heterocycles.